The number of nitrogens with two attached hydrogens (primary N) is 1. The van der Waals surface area contributed by atoms with E-state index >= 15 is 0 Å². The molecule has 0 aromatic carbocycles. The van der Waals surface area contributed by atoms with Crippen LogP contribution in [-0.4, -0.2) is 56.0 Å². The molecule has 0 spiro atoms. The zero-order chi connectivity index (χ0) is 9.54. The molecule has 80 valence electrons. The lowest BCUT2D eigenvalue weighted by atomic mass is 10.0. The molecule has 4 atom stereocenters. The summed E-state index contributed by atoms with van der Waals surface area (Å²) in [6, 6.07) is 0.905. The van der Waals surface area contributed by atoms with Crippen LogP contribution in [0.25, 0.3) is 0 Å². The van der Waals surface area contributed by atoms with Gasteiger partial charge in [-0.15, -0.1) is 0 Å². The normalized spacial score (nSPS) is 47.8. The average Bonchev–Trinajstić information content (AvgIpc) is 2.83. The molecule has 14 heavy (non-hydrogen) atoms. The van der Waals surface area contributed by atoms with Gasteiger partial charge in [-0.25, -0.2) is 0 Å². The fraction of sp³-hybridized carbons (Fsp3) is 1.00. The standard InChI is InChI=1S/C10H18N2O2/c11-10-6-13-4-7(10)2-12-3-9-1-8(12)5-14-9/h7-10H,1-6,11H2. The van der Waals surface area contributed by atoms with Gasteiger partial charge in [0, 0.05) is 31.1 Å². The Morgan fingerprint density at radius 1 is 1.29 bits per heavy atom. The number of hydrogen-bond donors (Lipinski definition) is 1. The summed E-state index contributed by atoms with van der Waals surface area (Å²) < 4.78 is 10.9. The maximum atomic E-state index is 5.97. The fourth-order valence-electron chi connectivity index (χ4n) is 2.81. The average molecular weight is 198 g/mol. The summed E-state index contributed by atoms with van der Waals surface area (Å²) in [6.07, 6.45) is 1.72. The number of nitrogens with zero attached hydrogens (tertiary/aromatic N) is 1. The van der Waals surface area contributed by atoms with Gasteiger partial charge >= 0.3 is 0 Å². The first-order valence-corrected chi connectivity index (χ1v) is 5.52. The topological polar surface area (TPSA) is 47.7 Å². The van der Waals surface area contributed by atoms with Crippen LogP contribution < -0.4 is 5.73 Å². The third-order valence-corrected chi connectivity index (χ3v) is 3.73. The lowest BCUT2D eigenvalue weighted by Crippen LogP contribution is -2.44. The van der Waals surface area contributed by atoms with Crippen LogP contribution in [-0.2, 0) is 9.47 Å². The molecule has 0 amide bonds. The van der Waals surface area contributed by atoms with E-state index in [9.17, 15) is 0 Å². The van der Waals surface area contributed by atoms with Gasteiger partial charge in [0.25, 0.3) is 0 Å². The summed E-state index contributed by atoms with van der Waals surface area (Å²) in [5.41, 5.74) is 5.97. The Labute approximate surface area is 84.3 Å². The molecule has 3 aliphatic rings. The fourth-order valence-corrected chi connectivity index (χ4v) is 2.81. The maximum Gasteiger partial charge on any atom is 0.0718 e. The molecule has 0 saturated carbocycles. The zero-order valence-electron chi connectivity index (χ0n) is 8.39. The van der Waals surface area contributed by atoms with Crippen molar-refractivity contribution in [3.63, 3.8) is 0 Å². The Kier molecular flexibility index (Phi) is 2.24. The number of ether oxygens (including phenoxy) is 2. The van der Waals surface area contributed by atoms with Crippen molar-refractivity contribution >= 4 is 0 Å². The van der Waals surface area contributed by atoms with E-state index in [4.69, 9.17) is 15.2 Å². The van der Waals surface area contributed by atoms with Crippen molar-refractivity contribution < 1.29 is 9.47 Å². The van der Waals surface area contributed by atoms with Crippen molar-refractivity contribution in [1.29, 1.82) is 0 Å². The minimum Gasteiger partial charge on any atom is -0.379 e. The van der Waals surface area contributed by atoms with Crippen molar-refractivity contribution in [2.75, 3.05) is 32.9 Å². The number of fused-ring (bicyclic) bond motifs is 2. The van der Waals surface area contributed by atoms with E-state index in [0.29, 0.717) is 18.1 Å². The van der Waals surface area contributed by atoms with E-state index in [2.05, 4.69) is 4.90 Å². The Morgan fingerprint density at radius 3 is 2.79 bits per heavy atom. The molecule has 3 rings (SSSR count). The summed E-state index contributed by atoms with van der Waals surface area (Å²) in [7, 11) is 0. The third-order valence-electron chi connectivity index (χ3n) is 3.73. The van der Waals surface area contributed by atoms with Crippen LogP contribution in [0.1, 0.15) is 6.42 Å². The number of hydrogen-bond acceptors (Lipinski definition) is 4. The molecular weight excluding hydrogens is 180 g/mol. The number of morpholine rings is 1. The van der Waals surface area contributed by atoms with Crippen LogP contribution in [0.2, 0.25) is 0 Å². The lowest BCUT2D eigenvalue weighted by Gasteiger charge is -2.29. The van der Waals surface area contributed by atoms with Gasteiger partial charge in [-0.3, -0.25) is 4.90 Å². The van der Waals surface area contributed by atoms with E-state index < -0.39 is 0 Å². The van der Waals surface area contributed by atoms with Crippen LogP contribution in [0, 0.1) is 5.92 Å². The van der Waals surface area contributed by atoms with Gasteiger partial charge in [0.15, 0.2) is 0 Å². The van der Waals surface area contributed by atoms with Gasteiger partial charge in [-0.2, -0.15) is 0 Å². The monoisotopic (exact) mass is 198 g/mol. The Hall–Kier alpha value is -0.160. The molecule has 4 unspecified atom stereocenters. The molecule has 0 aromatic rings. The quantitative estimate of drug-likeness (QED) is 0.646. The van der Waals surface area contributed by atoms with E-state index in [1.165, 1.54) is 6.42 Å². The van der Waals surface area contributed by atoms with Crippen molar-refractivity contribution in [2.24, 2.45) is 11.7 Å². The molecule has 3 saturated heterocycles. The minimum absolute atomic E-state index is 0.245. The first kappa shape index (κ1) is 9.09. The molecule has 4 heteroatoms. The van der Waals surface area contributed by atoms with Crippen LogP contribution in [0.3, 0.4) is 0 Å². The molecule has 2 N–H and O–H groups in total. The van der Waals surface area contributed by atoms with Crippen molar-refractivity contribution in [1.82, 2.24) is 4.90 Å². The Morgan fingerprint density at radius 2 is 2.21 bits per heavy atom. The second-order valence-electron chi connectivity index (χ2n) is 4.76. The van der Waals surface area contributed by atoms with Crippen LogP contribution in [0.4, 0.5) is 0 Å². The van der Waals surface area contributed by atoms with Gasteiger partial charge in [0.05, 0.1) is 25.9 Å². The maximum absolute atomic E-state index is 5.97. The van der Waals surface area contributed by atoms with E-state index in [1.807, 2.05) is 0 Å². The Balaban J connectivity index is 1.57. The highest BCUT2D eigenvalue weighted by molar-refractivity contribution is 4.93. The number of rotatable bonds is 2. The summed E-state index contributed by atoms with van der Waals surface area (Å²) in [5.74, 6) is 0.536. The van der Waals surface area contributed by atoms with E-state index in [-0.39, 0.29) is 6.04 Å². The van der Waals surface area contributed by atoms with Crippen LogP contribution >= 0.6 is 0 Å². The summed E-state index contributed by atoms with van der Waals surface area (Å²) in [6.45, 7) is 4.71. The predicted octanol–water partition coefficient (Wildman–Crippen LogP) is -0.567. The third kappa shape index (κ3) is 1.46. The molecule has 0 radical (unpaired) electrons. The van der Waals surface area contributed by atoms with E-state index in [1.54, 1.807) is 0 Å². The summed E-state index contributed by atoms with van der Waals surface area (Å²) in [5, 5.41) is 0. The Bertz CT molecular complexity index is 224. The largest absolute Gasteiger partial charge is 0.379 e. The van der Waals surface area contributed by atoms with Crippen LogP contribution in [0.15, 0.2) is 0 Å². The molecule has 3 aliphatic heterocycles. The van der Waals surface area contributed by atoms with Gasteiger partial charge in [0.2, 0.25) is 0 Å². The zero-order valence-corrected chi connectivity index (χ0v) is 8.39. The highest BCUT2D eigenvalue weighted by atomic mass is 16.5. The number of likely N-dealkylation sites (tertiary alicyclic amines) is 1. The first-order chi connectivity index (χ1) is 6.83. The molecular formula is C10H18N2O2. The smallest absolute Gasteiger partial charge is 0.0718 e. The van der Waals surface area contributed by atoms with Gasteiger partial charge in [-0.1, -0.05) is 0 Å². The van der Waals surface area contributed by atoms with Crippen molar-refractivity contribution in [2.45, 2.75) is 24.6 Å². The molecule has 2 bridgehead atoms. The SMILES string of the molecule is NC1COCC1CN1CC2CC1CO2. The predicted molar refractivity (Wildman–Crippen MR) is 52.0 cm³/mol. The van der Waals surface area contributed by atoms with Crippen molar-refractivity contribution in [3.8, 4) is 0 Å². The van der Waals surface area contributed by atoms with Gasteiger partial charge < -0.3 is 15.2 Å². The highest BCUT2D eigenvalue weighted by Gasteiger charge is 2.40. The lowest BCUT2D eigenvalue weighted by molar-refractivity contribution is 0.0229. The highest BCUT2D eigenvalue weighted by Crippen LogP contribution is 2.29. The van der Waals surface area contributed by atoms with Gasteiger partial charge in [-0.05, 0) is 6.42 Å². The molecule has 0 aliphatic carbocycles. The summed E-state index contributed by atoms with van der Waals surface area (Å²) >= 11 is 0. The minimum atomic E-state index is 0.245. The summed E-state index contributed by atoms with van der Waals surface area (Å²) in [4.78, 5) is 2.54. The second-order valence-corrected chi connectivity index (χ2v) is 4.76. The van der Waals surface area contributed by atoms with E-state index in [0.717, 1.165) is 32.9 Å². The van der Waals surface area contributed by atoms with Gasteiger partial charge in [0.1, 0.15) is 0 Å². The molecule has 0 aromatic heterocycles. The molecule has 3 heterocycles. The second kappa shape index (κ2) is 3.45. The van der Waals surface area contributed by atoms with Crippen LogP contribution in [0.5, 0.6) is 0 Å². The molecule has 3 fully saturated rings. The van der Waals surface area contributed by atoms with Crippen molar-refractivity contribution in [3.05, 3.63) is 0 Å². The first-order valence-electron chi connectivity index (χ1n) is 5.52. The molecule has 4 nitrogen and oxygen atoms in total.